The van der Waals surface area contributed by atoms with Gasteiger partial charge in [0.1, 0.15) is 0 Å². The van der Waals surface area contributed by atoms with Crippen LogP contribution in [0.15, 0.2) is 48.5 Å². The van der Waals surface area contributed by atoms with Crippen LogP contribution in [0.1, 0.15) is 67.7 Å². The van der Waals surface area contributed by atoms with Gasteiger partial charge in [0.15, 0.2) is 0 Å². The Bertz CT molecular complexity index is 657. The van der Waals surface area contributed by atoms with Gasteiger partial charge in [-0.05, 0) is 41.7 Å². The molecule has 0 aliphatic rings. The largest absolute Gasteiger partial charge is 0.192 e. The van der Waals surface area contributed by atoms with Gasteiger partial charge in [0.2, 0.25) is 0 Å². The average molecular weight is 317 g/mol. The maximum atomic E-state index is 8.81. The van der Waals surface area contributed by atoms with Crippen LogP contribution in [0, 0.1) is 11.3 Å². The number of unbranched alkanes of at least 4 members (excludes halogenated alkanes) is 5. The summed E-state index contributed by atoms with van der Waals surface area (Å²) in [5, 5.41) is 8.81. The molecule has 0 saturated heterocycles. The van der Waals surface area contributed by atoms with E-state index in [1.54, 1.807) is 0 Å². The number of nitriles is 1. The van der Waals surface area contributed by atoms with Crippen molar-refractivity contribution in [3.05, 3.63) is 70.8 Å². The number of nitrogens with zero attached hydrogens (tertiary/aromatic N) is 1. The van der Waals surface area contributed by atoms with E-state index in [9.17, 15) is 0 Å². The van der Waals surface area contributed by atoms with E-state index in [0.717, 1.165) is 5.56 Å². The second-order valence-electron chi connectivity index (χ2n) is 6.33. The number of hydrogen-bond acceptors (Lipinski definition) is 1. The van der Waals surface area contributed by atoms with Crippen LogP contribution in [-0.2, 0) is 6.42 Å². The lowest BCUT2D eigenvalue weighted by molar-refractivity contribution is 0.607. The summed E-state index contributed by atoms with van der Waals surface area (Å²) in [6, 6.07) is 18.6. The van der Waals surface area contributed by atoms with Crippen LogP contribution in [0.5, 0.6) is 0 Å². The first-order valence-electron chi connectivity index (χ1n) is 9.09. The quantitative estimate of drug-likeness (QED) is 0.376. The molecule has 0 radical (unpaired) electrons. The molecule has 2 rings (SSSR count). The van der Waals surface area contributed by atoms with E-state index in [2.05, 4.69) is 49.4 Å². The normalized spacial score (nSPS) is 10.8. The first-order chi connectivity index (χ1) is 11.8. The molecule has 0 aliphatic carbocycles. The highest BCUT2D eigenvalue weighted by Crippen LogP contribution is 2.13. The van der Waals surface area contributed by atoms with E-state index in [4.69, 9.17) is 5.26 Å². The van der Waals surface area contributed by atoms with Gasteiger partial charge in [0.25, 0.3) is 0 Å². The molecular formula is C23H27N. The Hall–Kier alpha value is -2.33. The highest BCUT2D eigenvalue weighted by molar-refractivity contribution is 5.69. The van der Waals surface area contributed by atoms with Crippen molar-refractivity contribution in [3.63, 3.8) is 0 Å². The molecule has 0 bridgehead atoms. The van der Waals surface area contributed by atoms with Crippen LogP contribution in [-0.4, -0.2) is 0 Å². The molecular weight excluding hydrogens is 290 g/mol. The maximum Gasteiger partial charge on any atom is 0.0991 e. The van der Waals surface area contributed by atoms with Gasteiger partial charge in [-0.2, -0.15) is 5.26 Å². The lowest BCUT2D eigenvalue weighted by Crippen LogP contribution is -1.86. The summed E-state index contributed by atoms with van der Waals surface area (Å²) in [4.78, 5) is 0. The highest BCUT2D eigenvalue weighted by Gasteiger charge is 1.95. The molecule has 1 nitrogen and oxygen atoms in total. The first kappa shape index (κ1) is 18.0. The molecule has 0 amide bonds. The zero-order valence-corrected chi connectivity index (χ0v) is 14.7. The Morgan fingerprint density at radius 1 is 0.750 bits per heavy atom. The van der Waals surface area contributed by atoms with Gasteiger partial charge in [0, 0.05) is 0 Å². The van der Waals surface area contributed by atoms with Crippen LogP contribution >= 0.6 is 0 Å². The van der Waals surface area contributed by atoms with Crippen molar-refractivity contribution in [2.24, 2.45) is 0 Å². The number of benzene rings is 2. The summed E-state index contributed by atoms with van der Waals surface area (Å²) in [5.41, 5.74) is 4.46. The molecule has 2 aromatic carbocycles. The monoisotopic (exact) mass is 317 g/mol. The van der Waals surface area contributed by atoms with Crippen LogP contribution < -0.4 is 0 Å². The minimum absolute atomic E-state index is 0.700. The van der Waals surface area contributed by atoms with Gasteiger partial charge in [0.05, 0.1) is 11.6 Å². The summed E-state index contributed by atoms with van der Waals surface area (Å²) in [6.45, 7) is 2.26. The lowest BCUT2D eigenvalue weighted by Gasteiger charge is -2.03. The van der Waals surface area contributed by atoms with E-state index in [1.807, 2.05) is 24.3 Å². The SMILES string of the molecule is CCCCCCCCc1ccc(C=Cc2ccc(C#N)cc2)cc1. The Labute approximate surface area is 146 Å². The third kappa shape index (κ3) is 6.42. The minimum Gasteiger partial charge on any atom is -0.192 e. The smallest absolute Gasteiger partial charge is 0.0991 e. The van der Waals surface area contributed by atoms with Gasteiger partial charge < -0.3 is 0 Å². The third-order valence-corrected chi connectivity index (χ3v) is 4.31. The van der Waals surface area contributed by atoms with Crippen LogP contribution in [0.3, 0.4) is 0 Å². The van der Waals surface area contributed by atoms with Gasteiger partial charge in [-0.1, -0.05) is 87.6 Å². The van der Waals surface area contributed by atoms with E-state index in [1.165, 1.54) is 56.1 Å². The molecule has 0 heterocycles. The molecule has 24 heavy (non-hydrogen) atoms. The summed E-state index contributed by atoms with van der Waals surface area (Å²) in [7, 11) is 0. The molecule has 0 spiro atoms. The zero-order valence-electron chi connectivity index (χ0n) is 14.7. The number of aryl methyl sites for hydroxylation is 1. The Balaban J connectivity index is 1.78. The number of hydrogen-bond donors (Lipinski definition) is 0. The molecule has 0 atom stereocenters. The third-order valence-electron chi connectivity index (χ3n) is 4.31. The lowest BCUT2D eigenvalue weighted by atomic mass is 10.0. The minimum atomic E-state index is 0.700. The van der Waals surface area contributed by atoms with Crippen LogP contribution in [0.2, 0.25) is 0 Å². The fourth-order valence-electron chi connectivity index (χ4n) is 2.77. The molecule has 0 aliphatic heterocycles. The molecule has 0 saturated carbocycles. The van der Waals surface area contributed by atoms with Crippen LogP contribution in [0.4, 0.5) is 0 Å². The van der Waals surface area contributed by atoms with E-state index >= 15 is 0 Å². The van der Waals surface area contributed by atoms with Crippen LogP contribution in [0.25, 0.3) is 12.2 Å². The molecule has 0 fully saturated rings. The van der Waals surface area contributed by atoms with Crippen molar-refractivity contribution >= 4 is 12.2 Å². The Kier molecular flexibility index (Phi) is 7.84. The Morgan fingerprint density at radius 2 is 1.29 bits per heavy atom. The van der Waals surface area contributed by atoms with Crippen molar-refractivity contribution in [2.45, 2.75) is 51.9 Å². The molecule has 0 unspecified atom stereocenters. The fraction of sp³-hybridized carbons (Fsp3) is 0.348. The standard InChI is InChI=1S/C23H27N/c1-2-3-4-5-6-7-8-20-9-11-21(12-10-20)13-14-22-15-17-23(19-24)18-16-22/h9-18H,2-8H2,1H3. The van der Waals surface area contributed by atoms with E-state index in [0.29, 0.717) is 5.56 Å². The first-order valence-corrected chi connectivity index (χ1v) is 9.09. The van der Waals surface area contributed by atoms with E-state index < -0.39 is 0 Å². The molecule has 0 N–H and O–H groups in total. The molecule has 2 aromatic rings. The van der Waals surface area contributed by atoms with Crippen molar-refractivity contribution in [2.75, 3.05) is 0 Å². The van der Waals surface area contributed by atoms with Gasteiger partial charge in [-0.25, -0.2) is 0 Å². The second kappa shape index (κ2) is 10.4. The van der Waals surface area contributed by atoms with Crippen molar-refractivity contribution in [3.8, 4) is 6.07 Å². The molecule has 0 aromatic heterocycles. The number of rotatable bonds is 9. The topological polar surface area (TPSA) is 23.8 Å². The summed E-state index contributed by atoms with van der Waals surface area (Å²) in [5.74, 6) is 0. The van der Waals surface area contributed by atoms with Gasteiger partial charge in [-0.15, -0.1) is 0 Å². The average Bonchev–Trinajstić information content (AvgIpc) is 2.64. The fourth-order valence-corrected chi connectivity index (χ4v) is 2.77. The van der Waals surface area contributed by atoms with E-state index in [-0.39, 0.29) is 0 Å². The summed E-state index contributed by atoms with van der Waals surface area (Å²) < 4.78 is 0. The molecule has 124 valence electrons. The zero-order chi connectivity index (χ0) is 17.0. The predicted octanol–water partition coefficient (Wildman–Crippen LogP) is 6.63. The predicted molar refractivity (Wildman–Crippen MR) is 104 cm³/mol. The Morgan fingerprint density at radius 3 is 1.88 bits per heavy atom. The summed E-state index contributed by atoms with van der Waals surface area (Å²) in [6.07, 6.45) is 13.5. The molecule has 1 heteroatoms. The highest BCUT2D eigenvalue weighted by atomic mass is 14.2. The maximum absolute atomic E-state index is 8.81. The van der Waals surface area contributed by atoms with Crippen molar-refractivity contribution in [1.82, 2.24) is 0 Å². The van der Waals surface area contributed by atoms with Crippen molar-refractivity contribution < 1.29 is 0 Å². The van der Waals surface area contributed by atoms with Crippen molar-refractivity contribution in [1.29, 1.82) is 5.26 Å². The second-order valence-corrected chi connectivity index (χ2v) is 6.33. The van der Waals surface area contributed by atoms with Gasteiger partial charge in [-0.3, -0.25) is 0 Å². The summed E-state index contributed by atoms with van der Waals surface area (Å²) >= 11 is 0. The van der Waals surface area contributed by atoms with Gasteiger partial charge >= 0.3 is 0 Å².